The van der Waals surface area contributed by atoms with Crippen molar-refractivity contribution in [2.24, 2.45) is 0 Å². The largest absolute Gasteiger partial charge is 0.0622 e. The molecule has 0 fully saturated rings. The first-order valence-corrected chi connectivity index (χ1v) is 11.9. The van der Waals surface area contributed by atoms with Crippen molar-refractivity contribution >= 4 is 31.8 Å². The van der Waals surface area contributed by atoms with E-state index >= 15 is 0 Å². The van der Waals surface area contributed by atoms with Crippen molar-refractivity contribution < 1.29 is 0 Å². The molecule has 140 valence electrons. The Morgan fingerprint density at radius 1 is 0.655 bits per heavy atom. The van der Waals surface area contributed by atoms with Gasteiger partial charge in [0.25, 0.3) is 0 Å². The lowest BCUT2D eigenvalue weighted by molar-refractivity contribution is 1.37. The molecule has 0 aliphatic heterocycles. The van der Waals surface area contributed by atoms with Crippen LogP contribution in [-0.4, -0.2) is 0 Å². The van der Waals surface area contributed by atoms with E-state index < -0.39 is 7.92 Å². The first-order chi connectivity index (χ1) is 14.2. The van der Waals surface area contributed by atoms with Crippen molar-refractivity contribution in [2.45, 2.75) is 13.8 Å². The number of hydrogen-bond donors (Lipinski definition) is 0. The number of benzene rings is 3. The molecule has 0 unspecified atom stereocenters. The molecule has 0 saturated carbocycles. The first kappa shape index (κ1) is 19.6. The average Bonchev–Trinajstić information content (AvgIpc) is 2.77. The van der Waals surface area contributed by atoms with E-state index in [-0.39, 0.29) is 0 Å². The van der Waals surface area contributed by atoms with Crippen LogP contribution in [-0.2, 0) is 0 Å². The van der Waals surface area contributed by atoms with Crippen molar-refractivity contribution in [1.82, 2.24) is 0 Å². The highest BCUT2D eigenvalue weighted by Gasteiger charge is 2.18. The van der Waals surface area contributed by atoms with Gasteiger partial charge in [0.15, 0.2) is 0 Å². The van der Waals surface area contributed by atoms with Crippen molar-refractivity contribution in [3.63, 3.8) is 0 Å². The monoisotopic (exact) mass is 408 g/mol. The van der Waals surface area contributed by atoms with Crippen LogP contribution in [0.5, 0.6) is 0 Å². The van der Waals surface area contributed by atoms with Crippen LogP contribution >= 0.6 is 16.1 Å². The van der Waals surface area contributed by atoms with Gasteiger partial charge in [0.1, 0.15) is 0 Å². The lowest BCUT2D eigenvalue weighted by Gasteiger charge is -2.20. The topological polar surface area (TPSA) is 0 Å². The van der Waals surface area contributed by atoms with E-state index in [4.69, 9.17) is 0 Å². The van der Waals surface area contributed by atoms with Crippen LogP contribution in [0.4, 0.5) is 0 Å². The maximum atomic E-state index is 3.47. The van der Waals surface area contributed by atoms with Gasteiger partial charge in [-0.2, -0.15) is 0 Å². The highest BCUT2D eigenvalue weighted by atomic mass is 31.1. The second kappa shape index (κ2) is 9.20. The van der Waals surface area contributed by atoms with E-state index in [9.17, 15) is 0 Å². The molecule has 0 radical (unpaired) electrons. The molecule has 0 amide bonds. The van der Waals surface area contributed by atoms with Crippen molar-refractivity contribution in [3.05, 3.63) is 119 Å². The molecule has 1 heterocycles. The molecule has 0 aliphatic rings. The predicted octanol–water partition coefficient (Wildman–Crippen LogP) is 6.04. The SMILES string of the molecule is Cc1cc(P(c2ccccc2)c2ccccc2)pc(C#Cc2ccccc2)c1C. The third-order valence-corrected chi connectivity index (χ3v) is 9.02. The van der Waals surface area contributed by atoms with Gasteiger partial charge < -0.3 is 0 Å². The molecule has 0 aliphatic carbocycles. The van der Waals surface area contributed by atoms with Crippen LogP contribution in [0.25, 0.3) is 0 Å². The normalized spacial score (nSPS) is 10.7. The average molecular weight is 408 g/mol. The van der Waals surface area contributed by atoms with Crippen LogP contribution in [0.3, 0.4) is 0 Å². The Labute approximate surface area is 176 Å². The summed E-state index contributed by atoms with van der Waals surface area (Å²) in [6.45, 7) is 4.40. The lowest BCUT2D eigenvalue weighted by atomic mass is 10.1. The number of aryl methyl sites for hydroxylation is 1. The fourth-order valence-electron chi connectivity index (χ4n) is 3.18. The summed E-state index contributed by atoms with van der Waals surface area (Å²) < 4.78 is 0. The maximum absolute atomic E-state index is 3.47. The zero-order chi connectivity index (χ0) is 20.1. The van der Waals surface area contributed by atoms with Gasteiger partial charge in [0.2, 0.25) is 0 Å². The summed E-state index contributed by atoms with van der Waals surface area (Å²) in [5.41, 5.74) is 3.68. The van der Waals surface area contributed by atoms with E-state index in [1.165, 1.54) is 40.3 Å². The molecule has 0 atom stereocenters. The van der Waals surface area contributed by atoms with Crippen LogP contribution in [0.2, 0.25) is 0 Å². The van der Waals surface area contributed by atoms with Crippen LogP contribution < -0.4 is 15.6 Å². The van der Waals surface area contributed by atoms with Gasteiger partial charge in [0.05, 0.1) is 5.30 Å². The minimum atomic E-state index is -0.580. The van der Waals surface area contributed by atoms with Gasteiger partial charge >= 0.3 is 0 Å². The molecule has 0 bridgehead atoms. The smallest absolute Gasteiger partial charge is 0.0558 e. The molecular formula is C27H22P2. The van der Waals surface area contributed by atoms with Gasteiger partial charge in [-0.1, -0.05) is 90.7 Å². The third-order valence-electron chi connectivity index (χ3n) is 4.88. The molecule has 4 rings (SSSR count). The summed E-state index contributed by atoms with van der Waals surface area (Å²) in [6, 6.07) is 34.4. The summed E-state index contributed by atoms with van der Waals surface area (Å²) in [6.07, 6.45) is 0. The van der Waals surface area contributed by atoms with Crippen molar-refractivity contribution in [2.75, 3.05) is 0 Å². The maximum Gasteiger partial charge on any atom is 0.0558 e. The van der Waals surface area contributed by atoms with Crippen LogP contribution in [0, 0.1) is 25.7 Å². The molecule has 0 N–H and O–H groups in total. The van der Waals surface area contributed by atoms with Crippen molar-refractivity contribution in [3.8, 4) is 11.8 Å². The van der Waals surface area contributed by atoms with Gasteiger partial charge in [-0.15, -0.1) is 0 Å². The fraction of sp³-hybridized carbons (Fsp3) is 0.0741. The molecule has 0 saturated heterocycles. The molecule has 3 aromatic carbocycles. The van der Waals surface area contributed by atoms with E-state index in [2.05, 4.69) is 105 Å². The van der Waals surface area contributed by atoms with Gasteiger partial charge in [-0.25, -0.2) is 0 Å². The van der Waals surface area contributed by atoms with E-state index in [1.54, 1.807) is 0 Å². The zero-order valence-electron chi connectivity index (χ0n) is 16.6. The molecule has 0 spiro atoms. The standard InChI is InChI=1S/C27H22P2/c1-21-20-27(28-26(22(21)2)19-18-23-12-6-3-7-13-23)29(24-14-8-4-9-15-24)25-16-10-5-11-17-25/h3-17,20H,1-2H3. The molecule has 29 heavy (non-hydrogen) atoms. The van der Waals surface area contributed by atoms with Gasteiger partial charge in [-0.3, -0.25) is 0 Å². The number of rotatable bonds is 3. The summed E-state index contributed by atoms with van der Waals surface area (Å²) in [5.74, 6) is 6.83. The quantitative estimate of drug-likeness (QED) is 0.286. The van der Waals surface area contributed by atoms with Crippen LogP contribution in [0.1, 0.15) is 22.0 Å². The minimum absolute atomic E-state index is 0.580. The van der Waals surface area contributed by atoms with Crippen molar-refractivity contribution in [1.29, 1.82) is 0 Å². The third kappa shape index (κ3) is 4.66. The summed E-state index contributed by atoms with van der Waals surface area (Å²) in [4.78, 5) is 0. The van der Waals surface area contributed by atoms with Crippen LogP contribution in [0.15, 0.2) is 97.1 Å². The summed E-state index contributed by atoms with van der Waals surface area (Å²) in [5, 5.41) is 5.42. The number of hydrogen-bond acceptors (Lipinski definition) is 0. The highest BCUT2D eigenvalue weighted by Crippen LogP contribution is 2.38. The van der Waals surface area contributed by atoms with E-state index in [0.717, 1.165) is 5.56 Å². The predicted molar refractivity (Wildman–Crippen MR) is 130 cm³/mol. The molecular weight excluding hydrogens is 386 g/mol. The minimum Gasteiger partial charge on any atom is -0.0622 e. The lowest BCUT2D eigenvalue weighted by Crippen LogP contribution is -2.19. The van der Waals surface area contributed by atoms with Gasteiger partial charge in [0, 0.05) is 10.6 Å². The Morgan fingerprint density at radius 2 is 1.17 bits per heavy atom. The molecule has 4 aromatic rings. The Kier molecular flexibility index (Phi) is 6.22. The Hall–Kier alpha value is -2.70. The molecule has 2 heteroatoms. The second-order valence-corrected chi connectivity index (χ2v) is 10.6. The van der Waals surface area contributed by atoms with Gasteiger partial charge in [-0.05, 0) is 69.9 Å². The fourth-order valence-corrected chi connectivity index (χ4v) is 7.60. The Balaban J connectivity index is 1.84. The van der Waals surface area contributed by atoms with E-state index in [1.807, 2.05) is 18.2 Å². The summed E-state index contributed by atoms with van der Waals surface area (Å²) >= 11 is 0. The molecule has 0 nitrogen and oxygen atoms in total. The highest BCUT2D eigenvalue weighted by molar-refractivity contribution is 7.85. The molecule has 1 aromatic heterocycles. The summed E-state index contributed by atoms with van der Waals surface area (Å²) in [7, 11) is 0.642. The Morgan fingerprint density at radius 3 is 1.72 bits per heavy atom. The van der Waals surface area contributed by atoms with E-state index in [0.29, 0.717) is 0 Å². The first-order valence-electron chi connectivity index (χ1n) is 9.68. The second-order valence-electron chi connectivity index (χ2n) is 6.89. The zero-order valence-corrected chi connectivity index (χ0v) is 18.4. The Bertz CT molecular complexity index is 1120.